The minimum absolute atomic E-state index is 0.0534. The lowest BCUT2D eigenvalue weighted by Crippen LogP contribution is -2.11. The second-order valence-electron chi connectivity index (χ2n) is 6.03. The Kier molecular flexibility index (Phi) is 7.38. The van der Waals surface area contributed by atoms with Gasteiger partial charge in [-0.1, -0.05) is 69.4 Å². The minimum Gasteiger partial charge on any atom is -0.322 e. The van der Waals surface area contributed by atoms with Gasteiger partial charge < -0.3 is 5.32 Å². The summed E-state index contributed by atoms with van der Waals surface area (Å²) in [5.74, 6) is -0.0534. The molecule has 0 fully saturated rings. The zero-order chi connectivity index (χ0) is 16.3. The van der Waals surface area contributed by atoms with Crippen molar-refractivity contribution in [3.8, 4) is 0 Å². The Morgan fingerprint density at radius 1 is 0.826 bits per heavy atom. The normalized spacial score (nSPS) is 10.5. The molecule has 0 aromatic heterocycles. The number of hydrogen-bond donors (Lipinski definition) is 1. The van der Waals surface area contributed by atoms with Gasteiger partial charge in [0.05, 0.1) is 0 Å². The molecule has 2 heteroatoms. The number of carbonyl (C=O) groups is 1. The Bertz CT molecular complexity index is 575. The number of anilines is 1. The Balaban J connectivity index is 1.76. The van der Waals surface area contributed by atoms with Gasteiger partial charge in [-0.3, -0.25) is 4.79 Å². The molecule has 122 valence electrons. The first-order valence-electron chi connectivity index (χ1n) is 8.75. The van der Waals surface area contributed by atoms with Crippen LogP contribution in [0.25, 0.3) is 0 Å². The van der Waals surface area contributed by atoms with E-state index in [1.807, 2.05) is 42.5 Å². The summed E-state index contributed by atoms with van der Waals surface area (Å²) < 4.78 is 0. The highest BCUT2D eigenvalue weighted by molar-refractivity contribution is 6.04. The van der Waals surface area contributed by atoms with Crippen LogP contribution < -0.4 is 5.32 Å². The molecule has 0 bridgehead atoms. The number of para-hydroxylation sites is 1. The maximum Gasteiger partial charge on any atom is 0.255 e. The van der Waals surface area contributed by atoms with Crippen LogP contribution in [-0.2, 0) is 6.42 Å². The van der Waals surface area contributed by atoms with E-state index < -0.39 is 0 Å². The second kappa shape index (κ2) is 9.83. The van der Waals surface area contributed by atoms with Gasteiger partial charge in [0.1, 0.15) is 0 Å². The maximum absolute atomic E-state index is 12.2. The number of amides is 1. The maximum atomic E-state index is 12.2. The zero-order valence-electron chi connectivity index (χ0n) is 14.1. The van der Waals surface area contributed by atoms with E-state index in [9.17, 15) is 4.79 Å². The number of hydrogen-bond acceptors (Lipinski definition) is 1. The lowest BCUT2D eigenvalue weighted by Gasteiger charge is -2.06. The molecule has 0 aliphatic heterocycles. The van der Waals surface area contributed by atoms with Crippen molar-refractivity contribution in [3.63, 3.8) is 0 Å². The molecule has 0 atom stereocenters. The quantitative estimate of drug-likeness (QED) is 0.579. The van der Waals surface area contributed by atoms with Crippen LogP contribution >= 0.6 is 0 Å². The van der Waals surface area contributed by atoms with Crippen LogP contribution in [0.3, 0.4) is 0 Å². The molecular weight excluding hydrogens is 282 g/mol. The summed E-state index contributed by atoms with van der Waals surface area (Å²) in [6.07, 6.45) is 8.99. The summed E-state index contributed by atoms with van der Waals surface area (Å²) in [6.45, 7) is 2.25. The second-order valence-corrected chi connectivity index (χ2v) is 6.03. The van der Waals surface area contributed by atoms with E-state index in [4.69, 9.17) is 0 Å². The van der Waals surface area contributed by atoms with Crippen molar-refractivity contribution < 1.29 is 4.79 Å². The lowest BCUT2D eigenvalue weighted by atomic mass is 10.0. The van der Waals surface area contributed by atoms with Crippen molar-refractivity contribution in [1.82, 2.24) is 0 Å². The third-order valence-electron chi connectivity index (χ3n) is 4.07. The molecule has 0 spiro atoms. The molecule has 2 aromatic rings. The fourth-order valence-electron chi connectivity index (χ4n) is 2.66. The monoisotopic (exact) mass is 309 g/mol. The predicted molar refractivity (Wildman–Crippen MR) is 97.9 cm³/mol. The van der Waals surface area contributed by atoms with Crippen molar-refractivity contribution in [3.05, 3.63) is 65.7 Å². The Labute approximate surface area is 139 Å². The van der Waals surface area contributed by atoms with E-state index in [0.717, 1.165) is 12.1 Å². The summed E-state index contributed by atoms with van der Waals surface area (Å²) in [7, 11) is 0. The van der Waals surface area contributed by atoms with Gasteiger partial charge in [-0.15, -0.1) is 0 Å². The highest BCUT2D eigenvalue weighted by Crippen LogP contribution is 2.13. The average Bonchev–Trinajstić information content (AvgIpc) is 2.59. The number of aryl methyl sites for hydroxylation is 1. The smallest absolute Gasteiger partial charge is 0.255 e. The van der Waals surface area contributed by atoms with Gasteiger partial charge in [0.15, 0.2) is 0 Å². The van der Waals surface area contributed by atoms with E-state index in [1.54, 1.807) is 0 Å². The zero-order valence-corrected chi connectivity index (χ0v) is 14.1. The first-order valence-corrected chi connectivity index (χ1v) is 8.75. The summed E-state index contributed by atoms with van der Waals surface area (Å²) in [5, 5.41) is 2.91. The molecule has 23 heavy (non-hydrogen) atoms. The van der Waals surface area contributed by atoms with E-state index in [0.29, 0.717) is 5.56 Å². The number of unbranched alkanes of at least 4 members (excludes halogenated alkanes) is 5. The van der Waals surface area contributed by atoms with Gasteiger partial charge in [0, 0.05) is 11.3 Å². The van der Waals surface area contributed by atoms with Gasteiger partial charge in [-0.05, 0) is 42.7 Å². The van der Waals surface area contributed by atoms with Crippen molar-refractivity contribution in [1.29, 1.82) is 0 Å². The van der Waals surface area contributed by atoms with Crippen LogP contribution in [0, 0.1) is 0 Å². The molecule has 0 aliphatic rings. The summed E-state index contributed by atoms with van der Waals surface area (Å²) in [4.78, 5) is 12.2. The van der Waals surface area contributed by atoms with Crippen LogP contribution in [0.4, 0.5) is 5.69 Å². The Morgan fingerprint density at radius 3 is 2.17 bits per heavy atom. The van der Waals surface area contributed by atoms with E-state index in [2.05, 4.69) is 24.4 Å². The molecule has 0 unspecified atom stereocenters. The van der Waals surface area contributed by atoms with Crippen LogP contribution in [0.1, 0.15) is 61.4 Å². The third kappa shape index (κ3) is 6.27. The van der Waals surface area contributed by atoms with Crippen LogP contribution in [-0.4, -0.2) is 5.91 Å². The van der Waals surface area contributed by atoms with Gasteiger partial charge in [0.2, 0.25) is 0 Å². The van der Waals surface area contributed by atoms with Gasteiger partial charge in [-0.25, -0.2) is 0 Å². The SMILES string of the molecule is CCCCCCCCc1ccc(C(=O)Nc2ccccc2)cc1. The molecule has 0 radical (unpaired) electrons. The van der Waals surface area contributed by atoms with Crippen molar-refractivity contribution in [2.75, 3.05) is 5.32 Å². The molecule has 1 N–H and O–H groups in total. The third-order valence-corrected chi connectivity index (χ3v) is 4.07. The molecule has 2 rings (SSSR count). The number of carbonyl (C=O) groups excluding carboxylic acids is 1. The number of rotatable bonds is 9. The van der Waals surface area contributed by atoms with Crippen LogP contribution in [0.15, 0.2) is 54.6 Å². The van der Waals surface area contributed by atoms with E-state index in [-0.39, 0.29) is 5.91 Å². The largest absolute Gasteiger partial charge is 0.322 e. The first-order chi connectivity index (χ1) is 11.3. The summed E-state index contributed by atoms with van der Waals surface area (Å²) in [6, 6.07) is 17.5. The molecule has 0 heterocycles. The molecule has 1 amide bonds. The molecule has 0 saturated heterocycles. The molecule has 0 aliphatic carbocycles. The van der Waals surface area contributed by atoms with E-state index >= 15 is 0 Å². The topological polar surface area (TPSA) is 29.1 Å². The summed E-state index contributed by atoms with van der Waals surface area (Å²) >= 11 is 0. The molecule has 2 nitrogen and oxygen atoms in total. The highest BCUT2D eigenvalue weighted by atomic mass is 16.1. The fraction of sp³-hybridized carbons (Fsp3) is 0.381. The average molecular weight is 309 g/mol. The summed E-state index contributed by atoms with van der Waals surface area (Å²) in [5.41, 5.74) is 2.85. The van der Waals surface area contributed by atoms with Gasteiger partial charge >= 0.3 is 0 Å². The van der Waals surface area contributed by atoms with Gasteiger partial charge in [-0.2, -0.15) is 0 Å². The fourth-order valence-corrected chi connectivity index (χ4v) is 2.66. The standard InChI is InChI=1S/C21H27NO/c1-2-3-4-5-6-8-11-18-14-16-19(17-15-18)21(23)22-20-12-9-7-10-13-20/h7,9-10,12-17H,2-6,8,11H2,1H3,(H,22,23). The molecular formula is C21H27NO. The number of nitrogens with one attached hydrogen (secondary N) is 1. The van der Waals surface area contributed by atoms with Crippen molar-refractivity contribution >= 4 is 11.6 Å². The highest BCUT2D eigenvalue weighted by Gasteiger charge is 2.05. The molecule has 2 aromatic carbocycles. The van der Waals surface area contributed by atoms with Crippen LogP contribution in [0.2, 0.25) is 0 Å². The Morgan fingerprint density at radius 2 is 1.48 bits per heavy atom. The predicted octanol–water partition coefficient (Wildman–Crippen LogP) is 5.84. The van der Waals surface area contributed by atoms with E-state index in [1.165, 1.54) is 44.1 Å². The first kappa shape index (κ1) is 17.3. The lowest BCUT2D eigenvalue weighted by molar-refractivity contribution is 0.102. The number of benzene rings is 2. The minimum atomic E-state index is -0.0534. The van der Waals surface area contributed by atoms with Crippen molar-refractivity contribution in [2.24, 2.45) is 0 Å². The van der Waals surface area contributed by atoms with Gasteiger partial charge in [0.25, 0.3) is 5.91 Å². The Hall–Kier alpha value is -2.09. The van der Waals surface area contributed by atoms with Crippen LogP contribution in [0.5, 0.6) is 0 Å². The molecule has 0 saturated carbocycles. The van der Waals surface area contributed by atoms with Crippen molar-refractivity contribution in [2.45, 2.75) is 51.9 Å².